The van der Waals surface area contributed by atoms with E-state index in [1.165, 1.54) is 12.1 Å². The van der Waals surface area contributed by atoms with Gasteiger partial charge in [-0.15, -0.1) is 0 Å². The Kier molecular flexibility index (Phi) is 5.48. The number of esters is 1. The van der Waals surface area contributed by atoms with Gasteiger partial charge in [0.15, 0.2) is 5.78 Å². The second-order valence-corrected chi connectivity index (χ2v) is 7.56. The Morgan fingerprint density at radius 1 is 1.03 bits per heavy atom. The number of rotatable bonds is 4. The maximum Gasteiger partial charge on any atom is 0.317 e. The minimum absolute atomic E-state index is 0.0712. The van der Waals surface area contributed by atoms with Crippen molar-refractivity contribution in [2.75, 3.05) is 6.61 Å². The number of allylic oxidation sites excluding steroid dienone is 2. The molecule has 1 heterocycles. The minimum atomic E-state index is -0.982. The second-order valence-electron chi connectivity index (χ2n) is 7.56. The smallest absolute Gasteiger partial charge is 0.317 e. The summed E-state index contributed by atoms with van der Waals surface area (Å²) in [6.45, 7) is 1.88. The average molecular weight is 407 g/mol. The van der Waals surface area contributed by atoms with E-state index < -0.39 is 29.5 Å². The topological polar surface area (TPSA) is 72.5 Å². The van der Waals surface area contributed by atoms with E-state index in [4.69, 9.17) is 4.74 Å². The number of ketones is 1. The number of nitrogens with one attached hydrogen (secondary N) is 1. The molecule has 0 fully saturated rings. The fourth-order valence-corrected chi connectivity index (χ4v) is 4.45. The van der Waals surface area contributed by atoms with Crippen LogP contribution < -0.4 is 5.32 Å². The highest BCUT2D eigenvalue weighted by molar-refractivity contribution is 6.12. The molecule has 4 rings (SSSR count). The van der Waals surface area contributed by atoms with E-state index in [-0.39, 0.29) is 24.7 Å². The van der Waals surface area contributed by atoms with Crippen molar-refractivity contribution >= 4 is 17.7 Å². The van der Waals surface area contributed by atoms with E-state index in [2.05, 4.69) is 5.32 Å². The largest absolute Gasteiger partial charge is 0.465 e. The van der Waals surface area contributed by atoms with E-state index in [1.54, 1.807) is 19.1 Å². The monoisotopic (exact) mass is 407 g/mol. The van der Waals surface area contributed by atoms with Gasteiger partial charge in [0.05, 0.1) is 6.61 Å². The molecule has 0 radical (unpaired) electrons. The van der Waals surface area contributed by atoms with Crippen molar-refractivity contribution in [2.45, 2.75) is 31.6 Å². The van der Waals surface area contributed by atoms with Gasteiger partial charge >= 0.3 is 5.97 Å². The van der Waals surface area contributed by atoms with Gasteiger partial charge < -0.3 is 10.1 Å². The molecule has 1 aliphatic carbocycles. The van der Waals surface area contributed by atoms with Gasteiger partial charge in [0, 0.05) is 29.5 Å². The lowest BCUT2D eigenvalue weighted by molar-refractivity contribution is -0.152. The highest BCUT2D eigenvalue weighted by Gasteiger charge is 2.47. The molecule has 0 saturated heterocycles. The van der Waals surface area contributed by atoms with E-state index in [9.17, 15) is 18.8 Å². The third-order valence-corrected chi connectivity index (χ3v) is 5.77. The summed E-state index contributed by atoms with van der Waals surface area (Å²) in [7, 11) is 0. The number of hydrogen-bond acceptors (Lipinski definition) is 4. The van der Waals surface area contributed by atoms with Crippen LogP contribution in [-0.4, -0.2) is 24.3 Å². The molecule has 30 heavy (non-hydrogen) atoms. The second kappa shape index (κ2) is 8.22. The molecule has 0 aromatic heterocycles. The molecule has 1 N–H and O–H groups in total. The predicted molar refractivity (Wildman–Crippen MR) is 108 cm³/mol. The van der Waals surface area contributed by atoms with Crippen LogP contribution in [0.15, 0.2) is 65.9 Å². The first-order valence-electron chi connectivity index (χ1n) is 10.0. The van der Waals surface area contributed by atoms with Crippen molar-refractivity contribution in [1.82, 2.24) is 5.32 Å². The van der Waals surface area contributed by atoms with Gasteiger partial charge in [-0.1, -0.05) is 42.5 Å². The van der Waals surface area contributed by atoms with Crippen LogP contribution in [0.4, 0.5) is 4.39 Å². The molecule has 2 aliphatic rings. The fraction of sp³-hybridized carbons (Fsp3) is 0.292. The van der Waals surface area contributed by atoms with E-state index in [1.807, 2.05) is 30.3 Å². The molecule has 1 aliphatic heterocycles. The Bertz CT molecular complexity index is 1010. The van der Waals surface area contributed by atoms with Gasteiger partial charge in [0.2, 0.25) is 5.91 Å². The summed E-state index contributed by atoms with van der Waals surface area (Å²) in [6.07, 6.45) is 0.416. The first-order chi connectivity index (χ1) is 14.5. The zero-order valence-electron chi connectivity index (χ0n) is 16.6. The van der Waals surface area contributed by atoms with Gasteiger partial charge in [-0.3, -0.25) is 14.4 Å². The summed E-state index contributed by atoms with van der Waals surface area (Å²) >= 11 is 0. The molecule has 3 atom stereocenters. The van der Waals surface area contributed by atoms with Gasteiger partial charge in [-0.2, -0.15) is 0 Å². The van der Waals surface area contributed by atoms with Crippen LogP contribution >= 0.6 is 0 Å². The summed E-state index contributed by atoms with van der Waals surface area (Å²) < 4.78 is 18.7. The Morgan fingerprint density at radius 2 is 1.73 bits per heavy atom. The average Bonchev–Trinajstić information content (AvgIpc) is 2.74. The van der Waals surface area contributed by atoms with Crippen molar-refractivity contribution in [2.24, 2.45) is 5.92 Å². The van der Waals surface area contributed by atoms with Crippen molar-refractivity contribution < 1.29 is 23.5 Å². The molecular formula is C24H22FNO4. The Balaban J connectivity index is 1.81. The number of amides is 1. The predicted octanol–water partition coefficient (Wildman–Crippen LogP) is 3.62. The summed E-state index contributed by atoms with van der Waals surface area (Å²) in [4.78, 5) is 38.9. The van der Waals surface area contributed by atoms with E-state index in [0.717, 1.165) is 5.56 Å². The first kappa shape index (κ1) is 20.0. The number of carbonyl (C=O) groups excluding carboxylic acids is 3. The lowest BCUT2D eigenvalue weighted by atomic mass is 9.68. The Hall–Kier alpha value is -3.28. The molecule has 0 saturated carbocycles. The first-order valence-corrected chi connectivity index (χ1v) is 10.0. The van der Waals surface area contributed by atoms with Crippen LogP contribution in [0.25, 0.3) is 0 Å². The molecule has 0 unspecified atom stereocenters. The standard InChI is InChI=1S/C24H22FNO4/c1-2-30-24(29)22-17(14-6-4-3-5-7-14)12-19-21(23(22)28)18(13-20(27)26-19)15-8-10-16(25)11-9-15/h3-11,17-18,22H,2,12-13H2,1H3,(H,26,27)/t17-,18-,22+/m0/s1. The fourth-order valence-electron chi connectivity index (χ4n) is 4.45. The molecule has 1 amide bonds. The summed E-state index contributed by atoms with van der Waals surface area (Å²) in [5, 5.41) is 2.84. The van der Waals surface area contributed by atoms with Crippen LogP contribution in [0.5, 0.6) is 0 Å². The highest BCUT2D eigenvalue weighted by Crippen LogP contribution is 2.45. The molecule has 154 valence electrons. The van der Waals surface area contributed by atoms with Crippen molar-refractivity contribution in [3.8, 4) is 0 Å². The normalized spacial score (nSPS) is 23.6. The summed E-state index contributed by atoms with van der Waals surface area (Å²) in [6, 6.07) is 15.1. The molecule has 0 spiro atoms. The van der Waals surface area contributed by atoms with Crippen LogP contribution in [0, 0.1) is 11.7 Å². The van der Waals surface area contributed by atoms with Crippen molar-refractivity contribution in [3.05, 3.63) is 82.8 Å². The lowest BCUT2D eigenvalue weighted by Crippen LogP contribution is -2.44. The quantitative estimate of drug-likeness (QED) is 0.621. The maximum atomic E-state index is 13.6. The zero-order chi connectivity index (χ0) is 21.3. The molecule has 0 bridgehead atoms. The lowest BCUT2D eigenvalue weighted by Gasteiger charge is -2.38. The van der Waals surface area contributed by atoms with Gasteiger partial charge in [0.25, 0.3) is 0 Å². The van der Waals surface area contributed by atoms with Crippen LogP contribution in [0.3, 0.4) is 0 Å². The number of carbonyl (C=O) groups is 3. The van der Waals surface area contributed by atoms with Gasteiger partial charge in [-0.05, 0) is 36.6 Å². The summed E-state index contributed by atoms with van der Waals surface area (Å²) in [5.74, 6) is -3.41. The highest BCUT2D eigenvalue weighted by atomic mass is 19.1. The minimum Gasteiger partial charge on any atom is -0.465 e. The van der Waals surface area contributed by atoms with E-state index in [0.29, 0.717) is 23.3 Å². The number of Topliss-reactive ketones (excluding diaryl/α,β-unsaturated/α-hetero) is 1. The Labute approximate surface area is 173 Å². The molecule has 5 nitrogen and oxygen atoms in total. The Morgan fingerprint density at radius 3 is 2.40 bits per heavy atom. The van der Waals surface area contributed by atoms with Crippen molar-refractivity contribution in [3.63, 3.8) is 0 Å². The number of benzene rings is 2. The molecule has 6 heteroatoms. The zero-order valence-corrected chi connectivity index (χ0v) is 16.6. The molecule has 2 aromatic rings. The third kappa shape index (κ3) is 3.65. The maximum absolute atomic E-state index is 13.6. The number of halogens is 1. The van der Waals surface area contributed by atoms with Crippen molar-refractivity contribution in [1.29, 1.82) is 0 Å². The third-order valence-electron chi connectivity index (χ3n) is 5.77. The number of ether oxygens (including phenoxy) is 1. The molecule has 2 aromatic carbocycles. The van der Waals surface area contributed by atoms with Gasteiger partial charge in [-0.25, -0.2) is 4.39 Å². The SMILES string of the molecule is CCOC(=O)[C@H]1C(=O)C2=C(C[C@H]1c1ccccc1)NC(=O)C[C@H]2c1ccc(F)cc1. The number of hydrogen-bond donors (Lipinski definition) is 1. The summed E-state index contributed by atoms with van der Waals surface area (Å²) in [5.41, 5.74) is 2.48. The van der Waals surface area contributed by atoms with E-state index >= 15 is 0 Å². The van der Waals surface area contributed by atoms with Gasteiger partial charge in [0.1, 0.15) is 11.7 Å². The molecular weight excluding hydrogens is 385 g/mol. The van der Waals surface area contributed by atoms with Crippen LogP contribution in [0.2, 0.25) is 0 Å². The van der Waals surface area contributed by atoms with Crippen LogP contribution in [0.1, 0.15) is 42.7 Å². The van der Waals surface area contributed by atoms with Crippen LogP contribution in [-0.2, 0) is 19.1 Å².